The van der Waals surface area contributed by atoms with Crippen LogP contribution in [0.15, 0.2) is 12.1 Å². The molecule has 6 aliphatic rings. The Bertz CT molecular complexity index is 1240. The zero-order valence-corrected chi connectivity index (χ0v) is 20.4. The van der Waals surface area contributed by atoms with Crippen molar-refractivity contribution in [2.75, 3.05) is 6.54 Å². The molecule has 1 aliphatic heterocycles. The second kappa shape index (κ2) is 7.43. The first-order valence-electron chi connectivity index (χ1n) is 13.3. The molecular weight excluding hydrogens is 490 g/mol. The molecule has 0 aromatic carbocycles. The highest BCUT2D eigenvalue weighted by molar-refractivity contribution is 5.87. The van der Waals surface area contributed by atoms with Crippen LogP contribution in [0, 0.1) is 23.2 Å². The summed E-state index contributed by atoms with van der Waals surface area (Å²) in [6.45, 7) is -0.276. The van der Waals surface area contributed by atoms with Crippen LogP contribution < -0.4 is 5.73 Å². The minimum atomic E-state index is -4.85. The standard InChI is InChI=1S/C26H31F4N5O2/c27-24-10-23(11-24,12-24)22(36)35-8-7-25(37,26(28,29)30)9-17(35)15-5-6-16-20(32-15)34-21(33-16)19(31)18(13-1-2-13)14-3-4-14/h5-6,13-14,17-19,37H,1-4,7-12,31H2,(H,32,33,34). The number of halogens is 4. The van der Waals surface area contributed by atoms with Gasteiger partial charge in [-0.05, 0) is 74.8 Å². The molecule has 3 atom stereocenters. The third-order valence-corrected chi connectivity index (χ3v) is 9.67. The number of hydrogen-bond acceptors (Lipinski definition) is 5. The van der Waals surface area contributed by atoms with Gasteiger partial charge in [0.1, 0.15) is 11.5 Å². The molecule has 11 heteroatoms. The van der Waals surface area contributed by atoms with E-state index in [0.717, 1.165) is 0 Å². The van der Waals surface area contributed by atoms with Gasteiger partial charge in [0.25, 0.3) is 0 Å². The Labute approximate surface area is 211 Å². The van der Waals surface area contributed by atoms with Gasteiger partial charge in [-0.3, -0.25) is 4.79 Å². The van der Waals surface area contributed by atoms with Crippen LogP contribution in [0.25, 0.3) is 11.2 Å². The van der Waals surface area contributed by atoms with Crippen molar-refractivity contribution in [3.05, 3.63) is 23.7 Å². The van der Waals surface area contributed by atoms with Crippen LogP contribution in [0.2, 0.25) is 0 Å². The van der Waals surface area contributed by atoms with Gasteiger partial charge in [0.05, 0.1) is 28.7 Å². The summed E-state index contributed by atoms with van der Waals surface area (Å²) >= 11 is 0. The molecule has 3 heterocycles. The van der Waals surface area contributed by atoms with E-state index >= 15 is 0 Å². The summed E-state index contributed by atoms with van der Waals surface area (Å²) in [5.41, 5.74) is 2.73. The summed E-state index contributed by atoms with van der Waals surface area (Å²) in [7, 11) is 0. The number of pyridine rings is 1. The number of carbonyl (C=O) groups excluding carboxylic acids is 1. The Morgan fingerprint density at radius 2 is 1.78 bits per heavy atom. The molecule has 7 nitrogen and oxygen atoms in total. The molecule has 5 saturated carbocycles. The summed E-state index contributed by atoms with van der Waals surface area (Å²) in [5, 5.41) is 10.5. The van der Waals surface area contributed by atoms with E-state index in [4.69, 9.17) is 5.73 Å². The van der Waals surface area contributed by atoms with Gasteiger partial charge in [-0.1, -0.05) is 0 Å². The van der Waals surface area contributed by atoms with E-state index < -0.39 is 41.7 Å². The van der Waals surface area contributed by atoms with Crippen LogP contribution in [-0.2, 0) is 4.79 Å². The fraction of sp³-hybridized carbons (Fsp3) is 0.731. The average Bonchev–Trinajstić information content (AvgIpc) is 3.74. The smallest absolute Gasteiger partial charge is 0.380 e. The second-order valence-corrected chi connectivity index (χ2v) is 12.5. The van der Waals surface area contributed by atoms with Crippen LogP contribution in [-0.4, -0.2) is 54.9 Å². The maximum absolute atomic E-state index is 14.2. The van der Waals surface area contributed by atoms with Crippen molar-refractivity contribution in [3.8, 4) is 0 Å². The van der Waals surface area contributed by atoms with E-state index in [1.165, 1.54) is 30.6 Å². The number of amides is 1. The second-order valence-electron chi connectivity index (χ2n) is 12.5. The van der Waals surface area contributed by atoms with Crippen LogP contribution >= 0.6 is 0 Å². The number of aromatic amines is 1. The SMILES string of the molecule is NC(c1nc2nc(C3CC(O)(C(F)(F)F)CCN3C(=O)C34CC(F)(C3)C4)ccc2[nH]1)C(C1CC1)C1CC1. The number of carbonyl (C=O) groups is 1. The summed E-state index contributed by atoms with van der Waals surface area (Å²) < 4.78 is 55.6. The highest BCUT2D eigenvalue weighted by Crippen LogP contribution is 2.70. The highest BCUT2D eigenvalue weighted by Gasteiger charge is 2.74. The first kappa shape index (κ1) is 23.8. The van der Waals surface area contributed by atoms with Gasteiger partial charge in [-0.25, -0.2) is 14.4 Å². The van der Waals surface area contributed by atoms with Gasteiger partial charge in [0.2, 0.25) is 5.91 Å². The van der Waals surface area contributed by atoms with Crippen molar-refractivity contribution in [1.82, 2.24) is 19.9 Å². The fourth-order valence-electron chi connectivity index (χ4n) is 7.34. The first-order chi connectivity index (χ1) is 17.4. The predicted molar refractivity (Wildman–Crippen MR) is 125 cm³/mol. The molecule has 200 valence electrons. The van der Waals surface area contributed by atoms with Crippen LogP contribution in [0.5, 0.6) is 0 Å². The molecule has 4 N–H and O–H groups in total. The molecule has 37 heavy (non-hydrogen) atoms. The zero-order valence-electron chi connectivity index (χ0n) is 20.4. The zero-order chi connectivity index (χ0) is 26.0. The molecule has 2 aromatic rings. The number of fused-ring (bicyclic) bond motifs is 1. The third kappa shape index (κ3) is 3.63. The van der Waals surface area contributed by atoms with Gasteiger partial charge in [0.15, 0.2) is 11.2 Å². The van der Waals surface area contributed by atoms with Gasteiger partial charge in [-0.15, -0.1) is 0 Å². The lowest BCUT2D eigenvalue weighted by molar-refractivity contribution is -0.280. The van der Waals surface area contributed by atoms with Crippen molar-refractivity contribution in [1.29, 1.82) is 0 Å². The molecule has 0 spiro atoms. The molecule has 1 amide bonds. The number of hydrogen-bond donors (Lipinski definition) is 3. The number of nitrogens with two attached hydrogens (primary N) is 1. The number of alkyl halides is 4. The Hall–Kier alpha value is -2.27. The summed E-state index contributed by atoms with van der Waals surface area (Å²) in [4.78, 5) is 27.3. The monoisotopic (exact) mass is 521 g/mol. The van der Waals surface area contributed by atoms with Crippen molar-refractivity contribution < 1.29 is 27.5 Å². The largest absolute Gasteiger partial charge is 0.417 e. The summed E-state index contributed by atoms with van der Waals surface area (Å²) in [6, 6.07) is 1.92. The quantitative estimate of drug-likeness (QED) is 0.493. The Morgan fingerprint density at radius 3 is 2.35 bits per heavy atom. The molecule has 3 unspecified atom stereocenters. The number of aliphatic hydroxyl groups is 1. The number of nitrogens with zero attached hydrogens (tertiary/aromatic N) is 3. The molecule has 0 radical (unpaired) electrons. The van der Waals surface area contributed by atoms with Gasteiger partial charge >= 0.3 is 6.18 Å². The fourth-order valence-corrected chi connectivity index (χ4v) is 7.34. The van der Waals surface area contributed by atoms with Crippen molar-refractivity contribution in [2.45, 2.75) is 87.3 Å². The summed E-state index contributed by atoms with van der Waals surface area (Å²) in [6.07, 6.45) is -1.15. The number of aromatic nitrogens is 3. The van der Waals surface area contributed by atoms with E-state index in [-0.39, 0.29) is 43.5 Å². The van der Waals surface area contributed by atoms with Crippen LogP contribution in [0.3, 0.4) is 0 Å². The highest BCUT2D eigenvalue weighted by atomic mass is 19.4. The van der Waals surface area contributed by atoms with E-state index in [1.807, 2.05) is 0 Å². The maximum Gasteiger partial charge on any atom is 0.417 e. The number of likely N-dealkylation sites (tertiary alicyclic amines) is 1. The van der Waals surface area contributed by atoms with Gasteiger partial charge in [0, 0.05) is 19.4 Å². The van der Waals surface area contributed by atoms with Crippen molar-refractivity contribution >= 4 is 17.1 Å². The lowest BCUT2D eigenvalue weighted by Gasteiger charge is -2.65. The Balaban J connectivity index is 1.21. The van der Waals surface area contributed by atoms with Crippen LogP contribution in [0.4, 0.5) is 17.6 Å². The predicted octanol–water partition coefficient (Wildman–Crippen LogP) is 4.24. The molecule has 5 aliphatic carbocycles. The lowest BCUT2D eigenvalue weighted by Crippen LogP contribution is -2.71. The summed E-state index contributed by atoms with van der Waals surface area (Å²) in [5.74, 6) is 1.86. The molecule has 2 bridgehead atoms. The molecule has 1 saturated heterocycles. The number of rotatable bonds is 6. The topological polar surface area (TPSA) is 108 Å². The van der Waals surface area contributed by atoms with E-state index in [2.05, 4.69) is 15.0 Å². The Morgan fingerprint density at radius 1 is 1.14 bits per heavy atom. The Kier molecular flexibility index (Phi) is 4.78. The number of imidazole rings is 1. The number of nitrogens with one attached hydrogen (secondary N) is 1. The molecule has 8 rings (SSSR count). The van der Waals surface area contributed by atoms with E-state index in [9.17, 15) is 27.5 Å². The lowest BCUT2D eigenvalue weighted by atomic mass is 9.41. The molecular formula is C26H31F4N5O2. The van der Waals surface area contributed by atoms with Gasteiger partial charge < -0.3 is 20.7 Å². The minimum Gasteiger partial charge on any atom is -0.380 e. The maximum atomic E-state index is 14.2. The minimum absolute atomic E-state index is 0.113. The molecule has 2 aromatic heterocycles. The first-order valence-corrected chi connectivity index (χ1v) is 13.3. The molecule has 6 fully saturated rings. The number of piperidine rings is 1. The van der Waals surface area contributed by atoms with Gasteiger partial charge in [-0.2, -0.15) is 13.2 Å². The average molecular weight is 522 g/mol. The van der Waals surface area contributed by atoms with E-state index in [0.29, 0.717) is 34.7 Å². The third-order valence-electron chi connectivity index (χ3n) is 9.67. The van der Waals surface area contributed by atoms with Crippen molar-refractivity contribution in [2.24, 2.45) is 28.9 Å². The van der Waals surface area contributed by atoms with Crippen LogP contribution in [0.1, 0.15) is 81.4 Å². The van der Waals surface area contributed by atoms with Crippen molar-refractivity contribution in [3.63, 3.8) is 0 Å². The normalized spacial score (nSPS) is 36.4. The number of H-pyrrole nitrogens is 1. The van der Waals surface area contributed by atoms with E-state index in [1.54, 1.807) is 12.1 Å².